The minimum absolute atomic E-state index is 0.113. The Kier molecular flexibility index (Phi) is 5.36. The molecular weight excluding hydrogens is 336 g/mol. The van der Waals surface area contributed by atoms with Gasteiger partial charge in [-0.05, 0) is 43.3 Å². The highest BCUT2D eigenvalue weighted by Crippen LogP contribution is 2.22. The van der Waals surface area contributed by atoms with Crippen molar-refractivity contribution < 1.29 is 9.59 Å². The summed E-state index contributed by atoms with van der Waals surface area (Å²) in [6.45, 7) is 1.92. The minimum atomic E-state index is -0.244. The van der Waals surface area contributed by atoms with Gasteiger partial charge in [0.15, 0.2) is 5.78 Å². The molecule has 3 rings (SSSR count). The summed E-state index contributed by atoms with van der Waals surface area (Å²) in [5, 5.41) is 2.88. The summed E-state index contributed by atoms with van der Waals surface area (Å²) in [6.07, 6.45) is 0. The summed E-state index contributed by atoms with van der Waals surface area (Å²) in [4.78, 5) is 27.5. The molecule has 1 amide bonds. The number of ketones is 1. The summed E-state index contributed by atoms with van der Waals surface area (Å²) in [6, 6.07) is 21.9. The molecule has 27 heavy (non-hydrogen) atoms. The van der Waals surface area contributed by atoms with Crippen LogP contribution in [-0.4, -0.2) is 25.8 Å². The van der Waals surface area contributed by atoms with E-state index in [1.165, 1.54) is 0 Å². The lowest BCUT2D eigenvalue weighted by Crippen LogP contribution is -2.16. The van der Waals surface area contributed by atoms with Crippen molar-refractivity contribution in [3.05, 3.63) is 95.1 Å². The first-order chi connectivity index (χ1) is 13.0. The molecule has 0 saturated heterocycles. The Morgan fingerprint density at radius 2 is 1.48 bits per heavy atom. The van der Waals surface area contributed by atoms with Crippen LogP contribution in [0.1, 0.15) is 31.8 Å². The summed E-state index contributed by atoms with van der Waals surface area (Å²) in [5.41, 5.74) is 4.10. The normalized spacial score (nSPS) is 10.3. The summed E-state index contributed by atoms with van der Waals surface area (Å²) < 4.78 is 0. The second kappa shape index (κ2) is 7.87. The molecule has 4 heteroatoms. The fourth-order valence-corrected chi connectivity index (χ4v) is 2.81. The van der Waals surface area contributed by atoms with Gasteiger partial charge in [-0.25, -0.2) is 0 Å². The first-order valence-corrected chi connectivity index (χ1v) is 8.75. The van der Waals surface area contributed by atoms with Gasteiger partial charge in [0.05, 0.1) is 5.69 Å². The molecule has 0 radical (unpaired) electrons. The number of anilines is 2. The molecule has 0 aliphatic carbocycles. The molecule has 0 unspecified atom stereocenters. The molecular formula is C23H22N2O2. The Balaban J connectivity index is 1.88. The van der Waals surface area contributed by atoms with E-state index in [2.05, 4.69) is 5.32 Å². The van der Waals surface area contributed by atoms with E-state index in [9.17, 15) is 9.59 Å². The monoisotopic (exact) mass is 358 g/mol. The molecule has 0 aliphatic heterocycles. The summed E-state index contributed by atoms with van der Waals surface area (Å²) in [7, 11) is 3.89. The molecule has 0 fully saturated rings. The van der Waals surface area contributed by atoms with Crippen LogP contribution in [0, 0.1) is 6.92 Å². The molecule has 0 aromatic heterocycles. The molecule has 136 valence electrons. The van der Waals surface area contributed by atoms with Crippen molar-refractivity contribution in [2.45, 2.75) is 6.92 Å². The van der Waals surface area contributed by atoms with Crippen LogP contribution in [0.4, 0.5) is 11.4 Å². The van der Waals surface area contributed by atoms with Crippen molar-refractivity contribution in [3.8, 4) is 0 Å². The number of nitrogens with zero attached hydrogens (tertiary/aromatic N) is 1. The molecule has 3 aromatic carbocycles. The van der Waals surface area contributed by atoms with E-state index in [1.54, 1.807) is 36.4 Å². The van der Waals surface area contributed by atoms with Crippen molar-refractivity contribution in [1.29, 1.82) is 0 Å². The second-order valence-corrected chi connectivity index (χ2v) is 6.64. The zero-order valence-electron chi connectivity index (χ0n) is 15.7. The Hall–Kier alpha value is -3.40. The van der Waals surface area contributed by atoms with Crippen LogP contribution in [-0.2, 0) is 0 Å². The van der Waals surface area contributed by atoms with E-state index >= 15 is 0 Å². The zero-order valence-corrected chi connectivity index (χ0v) is 15.7. The van der Waals surface area contributed by atoms with Crippen molar-refractivity contribution in [2.75, 3.05) is 24.3 Å². The number of rotatable bonds is 5. The van der Waals surface area contributed by atoms with Gasteiger partial charge in [-0.3, -0.25) is 9.59 Å². The Labute approximate surface area is 159 Å². The molecule has 0 spiro atoms. The Morgan fingerprint density at radius 1 is 0.815 bits per heavy atom. The maximum absolute atomic E-state index is 12.9. The maximum Gasteiger partial charge on any atom is 0.255 e. The Morgan fingerprint density at radius 3 is 2.11 bits per heavy atom. The van der Waals surface area contributed by atoms with Gasteiger partial charge < -0.3 is 10.2 Å². The van der Waals surface area contributed by atoms with Crippen LogP contribution >= 0.6 is 0 Å². The number of nitrogens with one attached hydrogen (secondary N) is 1. The highest BCUT2D eigenvalue weighted by Gasteiger charge is 2.16. The van der Waals surface area contributed by atoms with Gasteiger partial charge in [-0.15, -0.1) is 0 Å². The average Bonchev–Trinajstić information content (AvgIpc) is 2.69. The smallest absolute Gasteiger partial charge is 0.255 e. The summed E-state index contributed by atoms with van der Waals surface area (Å²) >= 11 is 0. The van der Waals surface area contributed by atoms with E-state index in [1.807, 2.05) is 62.3 Å². The predicted molar refractivity (Wildman–Crippen MR) is 110 cm³/mol. The van der Waals surface area contributed by atoms with Gasteiger partial charge in [0.25, 0.3) is 5.91 Å². The topological polar surface area (TPSA) is 49.4 Å². The highest BCUT2D eigenvalue weighted by molar-refractivity contribution is 6.15. The SMILES string of the molecule is Cc1ccc(NC(=O)c2ccc(N(C)C)cc2)c(C(=O)c2ccccc2)c1. The minimum Gasteiger partial charge on any atom is -0.378 e. The van der Waals surface area contributed by atoms with Crippen LogP contribution in [0.15, 0.2) is 72.8 Å². The van der Waals surface area contributed by atoms with Crippen molar-refractivity contribution in [3.63, 3.8) is 0 Å². The van der Waals surface area contributed by atoms with Crippen LogP contribution in [0.3, 0.4) is 0 Å². The second-order valence-electron chi connectivity index (χ2n) is 6.64. The molecule has 0 aliphatic rings. The number of aryl methyl sites for hydroxylation is 1. The van der Waals surface area contributed by atoms with Gasteiger partial charge in [0, 0.05) is 36.5 Å². The number of hydrogen-bond acceptors (Lipinski definition) is 3. The fourth-order valence-electron chi connectivity index (χ4n) is 2.81. The predicted octanol–water partition coefficient (Wildman–Crippen LogP) is 4.54. The number of benzene rings is 3. The van der Waals surface area contributed by atoms with Crippen molar-refractivity contribution in [1.82, 2.24) is 0 Å². The zero-order chi connectivity index (χ0) is 19.4. The molecule has 0 atom stereocenters. The highest BCUT2D eigenvalue weighted by atomic mass is 16.1. The molecule has 4 nitrogen and oxygen atoms in total. The first kappa shape index (κ1) is 18.4. The molecule has 3 aromatic rings. The first-order valence-electron chi connectivity index (χ1n) is 8.75. The number of amides is 1. The third kappa shape index (κ3) is 4.23. The quantitative estimate of drug-likeness (QED) is 0.681. The molecule has 0 heterocycles. The van der Waals surface area contributed by atoms with Crippen molar-refractivity contribution >= 4 is 23.1 Å². The Bertz CT molecular complexity index is 961. The van der Waals surface area contributed by atoms with Gasteiger partial charge in [0.1, 0.15) is 0 Å². The number of carbonyl (C=O) groups excluding carboxylic acids is 2. The maximum atomic E-state index is 12.9. The third-order valence-corrected chi connectivity index (χ3v) is 4.35. The standard InChI is InChI=1S/C23H22N2O2/c1-16-9-14-21(20(15-16)22(26)17-7-5-4-6-8-17)24-23(27)18-10-12-19(13-11-18)25(2)3/h4-15H,1-3H3,(H,24,27). The van der Waals surface area contributed by atoms with E-state index in [4.69, 9.17) is 0 Å². The molecule has 1 N–H and O–H groups in total. The van der Waals surface area contributed by atoms with Gasteiger partial charge >= 0.3 is 0 Å². The van der Waals surface area contributed by atoms with Crippen LogP contribution in [0.5, 0.6) is 0 Å². The average molecular weight is 358 g/mol. The largest absolute Gasteiger partial charge is 0.378 e. The lowest BCUT2D eigenvalue weighted by atomic mass is 9.99. The molecule has 0 bridgehead atoms. The van der Waals surface area contributed by atoms with Gasteiger partial charge in [-0.2, -0.15) is 0 Å². The van der Waals surface area contributed by atoms with E-state index in [0.717, 1.165) is 11.3 Å². The van der Waals surface area contributed by atoms with E-state index in [-0.39, 0.29) is 11.7 Å². The van der Waals surface area contributed by atoms with Gasteiger partial charge in [-0.1, -0.05) is 42.0 Å². The summed E-state index contributed by atoms with van der Waals surface area (Å²) in [5.74, 6) is -0.358. The number of hydrogen-bond donors (Lipinski definition) is 1. The fraction of sp³-hybridized carbons (Fsp3) is 0.130. The lowest BCUT2D eigenvalue weighted by Gasteiger charge is -2.14. The number of carbonyl (C=O) groups is 2. The molecule has 0 saturated carbocycles. The van der Waals surface area contributed by atoms with Crippen molar-refractivity contribution in [2.24, 2.45) is 0 Å². The lowest BCUT2D eigenvalue weighted by molar-refractivity contribution is 0.102. The van der Waals surface area contributed by atoms with Crippen LogP contribution in [0.25, 0.3) is 0 Å². The van der Waals surface area contributed by atoms with Gasteiger partial charge in [0.2, 0.25) is 0 Å². The van der Waals surface area contributed by atoms with Crippen LogP contribution < -0.4 is 10.2 Å². The van der Waals surface area contributed by atoms with E-state index in [0.29, 0.717) is 22.4 Å². The third-order valence-electron chi connectivity index (χ3n) is 4.35. The van der Waals surface area contributed by atoms with Crippen LogP contribution in [0.2, 0.25) is 0 Å². The van der Waals surface area contributed by atoms with E-state index < -0.39 is 0 Å².